The normalized spacial score (nSPS) is 14.9. The monoisotopic (exact) mass is 462 g/mol. The topological polar surface area (TPSA) is 49.6 Å². The maximum atomic E-state index is 4.80. The molecule has 6 nitrogen and oxygen atoms in total. The maximum absolute atomic E-state index is 4.80. The van der Waals surface area contributed by atoms with Gasteiger partial charge in [0.2, 0.25) is 0 Å². The van der Waals surface area contributed by atoms with E-state index in [4.69, 9.17) is 9.97 Å². The molecule has 35 heavy (non-hydrogen) atoms. The Hall–Kier alpha value is -3.77. The molecule has 1 saturated heterocycles. The molecular weight excluding hydrogens is 432 g/mol. The van der Waals surface area contributed by atoms with Gasteiger partial charge in [-0.25, -0.2) is 9.97 Å². The molecule has 1 fully saturated rings. The van der Waals surface area contributed by atoms with E-state index in [1.54, 1.807) is 0 Å². The Labute approximate surface area is 205 Å². The van der Waals surface area contributed by atoms with Crippen LogP contribution in [0.25, 0.3) is 38.9 Å². The van der Waals surface area contributed by atoms with Crippen LogP contribution in [0.3, 0.4) is 0 Å². The molecule has 0 saturated carbocycles. The number of hydrogen-bond donors (Lipinski definition) is 0. The van der Waals surface area contributed by atoms with Crippen LogP contribution in [-0.4, -0.2) is 57.0 Å². The van der Waals surface area contributed by atoms with Crippen molar-refractivity contribution in [2.24, 2.45) is 5.92 Å². The van der Waals surface area contributed by atoms with Crippen molar-refractivity contribution < 1.29 is 0 Å². The van der Waals surface area contributed by atoms with Crippen LogP contribution in [0.4, 0.5) is 5.82 Å². The maximum Gasteiger partial charge on any atom is 0.137 e. The minimum absolute atomic E-state index is 0.714. The molecule has 1 aliphatic heterocycles. The Morgan fingerprint density at radius 3 is 2.51 bits per heavy atom. The van der Waals surface area contributed by atoms with E-state index in [-0.39, 0.29) is 0 Å². The molecular formula is C29H30N6. The molecule has 4 aromatic heterocycles. The molecule has 1 aromatic carbocycles. The molecule has 0 atom stereocenters. The molecule has 0 spiro atoms. The summed E-state index contributed by atoms with van der Waals surface area (Å²) in [6, 6.07) is 18.9. The Kier molecular flexibility index (Phi) is 5.66. The molecule has 0 aliphatic carbocycles. The number of hydrogen-bond acceptors (Lipinski definition) is 5. The molecule has 176 valence electrons. The van der Waals surface area contributed by atoms with Gasteiger partial charge in [-0.15, -0.1) is 0 Å². The quantitative estimate of drug-likeness (QED) is 0.351. The molecule has 0 N–H and O–H groups in total. The van der Waals surface area contributed by atoms with Crippen molar-refractivity contribution in [1.82, 2.24) is 24.3 Å². The number of rotatable bonds is 5. The van der Waals surface area contributed by atoms with E-state index < -0.39 is 0 Å². The fraction of sp³-hybridized carbons (Fsp3) is 0.276. The molecule has 0 radical (unpaired) electrons. The highest BCUT2D eigenvalue weighted by Gasteiger charge is 2.18. The summed E-state index contributed by atoms with van der Waals surface area (Å²) in [4.78, 5) is 19.0. The molecule has 0 unspecified atom stereocenters. The Balaban J connectivity index is 1.23. The highest BCUT2D eigenvalue weighted by Crippen LogP contribution is 2.30. The highest BCUT2D eigenvalue weighted by atomic mass is 15.3. The van der Waals surface area contributed by atoms with Gasteiger partial charge in [-0.05, 0) is 47.9 Å². The first kappa shape index (κ1) is 21.7. The van der Waals surface area contributed by atoms with E-state index in [2.05, 4.69) is 81.7 Å². The number of fused-ring (bicyclic) bond motifs is 2. The average molecular weight is 463 g/mol. The number of aromatic nitrogens is 4. The Bertz CT molecular complexity index is 1460. The van der Waals surface area contributed by atoms with Crippen molar-refractivity contribution in [3.05, 3.63) is 79.4 Å². The predicted octanol–water partition coefficient (Wildman–Crippen LogP) is 5.39. The van der Waals surface area contributed by atoms with Gasteiger partial charge in [0, 0.05) is 67.8 Å². The summed E-state index contributed by atoms with van der Waals surface area (Å²) in [6.45, 7) is 10.0. The van der Waals surface area contributed by atoms with Crippen LogP contribution in [0.2, 0.25) is 0 Å². The van der Waals surface area contributed by atoms with Gasteiger partial charge in [-0.2, -0.15) is 0 Å². The van der Waals surface area contributed by atoms with Crippen LogP contribution >= 0.6 is 0 Å². The van der Waals surface area contributed by atoms with Gasteiger partial charge in [0.25, 0.3) is 0 Å². The summed E-state index contributed by atoms with van der Waals surface area (Å²) in [7, 11) is 0. The van der Waals surface area contributed by atoms with E-state index in [1.807, 2.05) is 30.7 Å². The highest BCUT2D eigenvalue weighted by molar-refractivity contribution is 5.94. The van der Waals surface area contributed by atoms with Gasteiger partial charge >= 0.3 is 0 Å². The van der Waals surface area contributed by atoms with Crippen molar-refractivity contribution in [2.45, 2.75) is 13.8 Å². The number of benzene rings is 1. The summed E-state index contributed by atoms with van der Waals surface area (Å²) < 4.78 is 2.14. The van der Waals surface area contributed by atoms with Gasteiger partial charge in [-0.3, -0.25) is 14.3 Å². The summed E-state index contributed by atoms with van der Waals surface area (Å²) in [5, 5.41) is 1.13. The van der Waals surface area contributed by atoms with E-state index in [0.29, 0.717) is 5.92 Å². The van der Waals surface area contributed by atoms with Gasteiger partial charge in [0.05, 0.1) is 17.4 Å². The zero-order chi connectivity index (χ0) is 23.8. The van der Waals surface area contributed by atoms with Gasteiger partial charge in [0.15, 0.2) is 0 Å². The Morgan fingerprint density at radius 2 is 1.71 bits per heavy atom. The lowest BCUT2D eigenvalue weighted by atomic mass is 10.1. The van der Waals surface area contributed by atoms with Gasteiger partial charge < -0.3 is 4.90 Å². The van der Waals surface area contributed by atoms with E-state index in [9.17, 15) is 0 Å². The van der Waals surface area contributed by atoms with Crippen LogP contribution in [-0.2, 0) is 0 Å². The molecule has 0 bridgehead atoms. The second kappa shape index (κ2) is 9.12. The molecule has 6 heteroatoms. The Morgan fingerprint density at radius 1 is 0.829 bits per heavy atom. The second-order valence-electron chi connectivity index (χ2n) is 9.75. The number of pyridine rings is 3. The lowest BCUT2D eigenvalue weighted by Crippen LogP contribution is -2.47. The number of piperazine rings is 1. The van der Waals surface area contributed by atoms with Gasteiger partial charge in [0.1, 0.15) is 11.5 Å². The lowest BCUT2D eigenvalue weighted by Gasteiger charge is -2.36. The molecule has 6 rings (SSSR count). The standard InChI is InChI=1S/C29H30N6/c1-21(2)20-33-13-15-34(16-14-33)28-9-8-23(18-31-28)22-10-12-35-27(19-32-29(35)17-22)25-5-3-7-26-24(25)6-4-11-30-26/h3-12,17-19,21H,13-16,20H2,1-2H3. The van der Waals surface area contributed by atoms with Crippen LogP contribution in [0.1, 0.15) is 13.8 Å². The van der Waals surface area contributed by atoms with E-state index in [1.165, 1.54) is 6.54 Å². The smallest absolute Gasteiger partial charge is 0.137 e. The SMILES string of the molecule is CC(C)CN1CCN(c2ccc(-c3ccn4c(-c5cccc6ncccc56)cnc4c3)cn2)CC1. The van der Waals surface area contributed by atoms with Crippen molar-refractivity contribution in [3.8, 4) is 22.4 Å². The predicted molar refractivity (Wildman–Crippen MR) is 143 cm³/mol. The third-order valence-electron chi connectivity index (χ3n) is 6.84. The second-order valence-corrected chi connectivity index (χ2v) is 9.75. The van der Waals surface area contributed by atoms with Crippen LogP contribution in [0.15, 0.2) is 79.4 Å². The third-order valence-corrected chi connectivity index (χ3v) is 6.84. The van der Waals surface area contributed by atoms with Crippen LogP contribution in [0.5, 0.6) is 0 Å². The first-order valence-electron chi connectivity index (χ1n) is 12.4. The van der Waals surface area contributed by atoms with Crippen molar-refractivity contribution >= 4 is 22.4 Å². The van der Waals surface area contributed by atoms with Gasteiger partial charge in [-0.1, -0.05) is 32.0 Å². The minimum Gasteiger partial charge on any atom is -0.354 e. The molecule has 0 amide bonds. The van der Waals surface area contributed by atoms with Crippen LogP contribution < -0.4 is 4.90 Å². The van der Waals surface area contributed by atoms with Crippen molar-refractivity contribution in [1.29, 1.82) is 0 Å². The first-order chi connectivity index (χ1) is 17.2. The number of imidazole rings is 1. The fourth-order valence-electron chi connectivity index (χ4n) is 5.11. The van der Waals surface area contributed by atoms with E-state index in [0.717, 1.165) is 70.9 Å². The largest absolute Gasteiger partial charge is 0.354 e. The molecule has 5 heterocycles. The lowest BCUT2D eigenvalue weighted by molar-refractivity contribution is 0.231. The summed E-state index contributed by atoms with van der Waals surface area (Å²) in [6.07, 6.45) is 7.87. The van der Waals surface area contributed by atoms with E-state index >= 15 is 0 Å². The number of nitrogens with zero attached hydrogens (tertiary/aromatic N) is 6. The summed E-state index contributed by atoms with van der Waals surface area (Å²) in [5.41, 5.74) is 6.34. The van der Waals surface area contributed by atoms with Crippen molar-refractivity contribution in [3.63, 3.8) is 0 Å². The third kappa shape index (κ3) is 4.26. The first-order valence-corrected chi connectivity index (χ1v) is 12.4. The van der Waals surface area contributed by atoms with Crippen molar-refractivity contribution in [2.75, 3.05) is 37.6 Å². The summed E-state index contributed by atoms with van der Waals surface area (Å²) >= 11 is 0. The minimum atomic E-state index is 0.714. The van der Waals surface area contributed by atoms with Crippen LogP contribution in [0, 0.1) is 5.92 Å². The molecule has 5 aromatic rings. The summed E-state index contributed by atoms with van der Waals surface area (Å²) in [5.74, 6) is 1.78. The fourth-order valence-corrected chi connectivity index (χ4v) is 5.11. The number of anilines is 1. The zero-order valence-corrected chi connectivity index (χ0v) is 20.3. The molecule has 1 aliphatic rings. The average Bonchev–Trinajstić information content (AvgIpc) is 3.32. The zero-order valence-electron chi connectivity index (χ0n) is 20.3.